The Morgan fingerprint density at radius 2 is 1.85 bits per heavy atom. The van der Waals surface area contributed by atoms with Crippen LogP contribution in [-0.2, 0) is 4.74 Å². The molecule has 3 aromatic rings. The van der Waals surface area contributed by atoms with Crippen LogP contribution in [0.1, 0.15) is 6.42 Å². The van der Waals surface area contributed by atoms with E-state index in [1.165, 1.54) is 0 Å². The van der Waals surface area contributed by atoms with Gasteiger partial charge in [-0.2, -0.15) is 5.10 Å². The lowest BCUT2D eigenvalue weighted by Gasteiger charge is -2.26. The number of aromatic nitrogens is 2. The minimum atomic E-state index is -0.314. The summed E-state index contributed by atoms with van der Waals surface area (Å²) in [5.41, 5.74) is 9.13. The average Bonchev–Trinajstić information content (AvgIpc) is 3.19. The third kappa shape index (κ3) is 5.63. The monoisotopic (exact) mass is 450 g/mol. The third-order valence-corrected chi connectivity index (χ3v) is 5.56. The van der Waals surface area contributed by atoms with Crippen LogP contribution < -0.4 is 21.1 Å². The van der Waals surface area contributed by atoms with Gasteiger partial charge in [-0.1, -0.05) is 18.2 Å². The zero-order chi connectivity index (χ0) is 23.0. The second-order valence-electron chi connectivity index (χ2n) is 7.77. The first kappa shape index (κ1) is 22.6. The second kappa shape index (κ2) is 10.8. The van der Waals surface area contributed by atoms with Gasteiger partial charge in [0, 0.05) is 25.2 Å². The van der Waals surface area contributed by atoms with Gasteiger partial charge in [0.2, 0.25) is 0 Å². The van der Waals surface area contributed by atoms with Crippen molar-refractivity contribution >= 4 is 17.5 Å². The van der Waals surface area contributed by atoms with Crippen LogP contribution in [0.2, 0.25) is 0 Å². The molecule has 4 N–H and O–H groups in total. The van der Waals surface area contributed by atoms with E-state index in [0.717, 1.165) is 56.3 Å². The van der Waals surface area contributed by atoms with Crippen LogP contribution in [0.25, 0.3) is 16.9 Å². The number of amides is 2. The van der Waals surface area contributed by atoms with Gasteiger partial charge in [-0.3, -0.25) is 4.90 Å². The van der Waals surface area contributed by atoms with Crippen molar-refractivity contribution in [1.82, 2.24) is 20.0 Å². The van der Waals surface area contributed by atoms with Crippen molar-refractivity contribution < 1.29 is 14.3 Å². The number of morpholine rings is 1. The smallest absolute Gasteiger partial charge is 0.319 e. The van der Waals surface area contributed by atoms with E-state index in [-0.39, 0.29) is 6.03 Å². The molecule has 0 spiro atoms. The number of methoxy groups -OCH3 is 1. The predicted octanol–water partition coefficient (Wildman–Crippen LogP) is 2.97. The number of hydrogen-bond donors (Lipinski definition) is 3. The number of nitrogens with one attached hydrogen (secondary N) is 2. The highest BCUT2D eigenvalue weighted by Gasteiger charge is 2.20. The first-order chi connectivity index (χ1) is 16.2. The van der Waals surface area contributed by atoms with E-state index in [2.05, 4.69) is 15.5 Å². The van der Waals surface area contributed by atoms with E-state index in [1.54, 1.807) is 11.8 Å². The molecule has 9 heteroatoms. The van der Waals surface area contributed by atoms with Crippen molar-refractivity contribution in [2.45, 2.75) is 6.42 Å². The molecule has 2 amide bonds. The summed E-state index contributed by atoms with van der Waals surface area (Å²) in [7, 11) is 1.62. The summed E-state index contributed by atoms with van der Waals surface area (Å²) in [6, 6.07) is 16.7. The van der Waals surface area contributed by atoms with Crippen LogP contribution in [0.4, 0.5) is 16.3 Å². The molecule has 2 heterocycles. The number of nitrogen functional groups attached to an aromatic ring is 1. The molecule has 33 heavy (non-hydrogen) atoms. The molecule has 0 unspecified atom stereocenters. The van der Waals surface area contributed by atoms with E-state index in [0.29, 0.717) is 23.7 Å². The molecular formula is C24H30N6O3. The Bertz CT molecular complexity index is 1050. The van der Waals surface area contributed by atoms with Gasteiger partial charge in [-0.05, 0) is 49.4 Å². The molecule has 1 aromatic heterocycles. The fourth-order valence-electron chi connectivity index (χ4n) is 3.76. The van der Waals surface area contributed by atoms with Gasteiger partial charge in [0.25, 0.3) is 0 Å². The predicted molar refractivity (Wildman–Crippen MR) is 129 cm³/mol. The highest BCUT2D eigenvalue weighted by molar-refractivity contribution is 5.97. The quantitative estimate of drug-likeness (QED) is 0.456. The summed E-state index contributed by atoms with van der Waals surface area (Å²) >= 11 is 0. The first-order valence-corrected chi connectivity index (χ1v) is 11.1. The Kier molecular flexibility index (Phi) is 7.43. The van der Waals surface area contributed by atoms with Crippen molar-refractivity contribution in [2.24, 2.45) is 0 Å². The normalized spacial score (nSPS) is 14.1. The van der Waals surface area contributed by atoms with Crippen LogP contribution in [0.15, 0.2) is 54.6 Å². The summed E-state index contributed by atoms with van der Waals surface area (Å²) in [6.07, 6.45) is 0.859. The summed E-state index contributed by atoms with van der Waals surface area (Å²) in [5, 5.41) is 10.5. The fraction of sp³-hybridized carbons (Fsp3) is 0.333. The Morgan fingerprint density at radius 1 is 1.12 bits per heavy atom. The van der Waals surface area contributed by atoms with E-state index < -0.39 is 0 Å². The number of hydrogen-bond acceptors (Lipinski definition) is 6. The van der Waals surface area contributed by atoms with Crippen LogP contribution >= 0.6 is 0 Å². The number of benzene rings is 2. The molecule has 0 saturated carbocycles. The Labute approximate surface area is 193 Å². The van der Waals surface area contributed by atoms with Crippen molar-refractivity contribution in [3.63, 3.8) is 0 Å². The number of urea groups is 1. The van der Waals surface area contributed by atoms with Gasteiger partial charge in [0.15, 0.2) is 5.82 Å². The number of ether oxygens (including phenoxy) is 2. The molecule has 4 rings (SSSR count). The Morgan fingerprint density at radius 3 is 2.55 bits per heavy atom. The molecule has 0 aliphatic carbocycles. The minimum Gasteiger partial charge on any atom is -0.497 e. The van der Waals surface area contributed by atoms with Crippen LogP contribution in [0.3, 0.4) is 0 Å². The summed E-state index contributed by atoms with van der Waals surface area (Å²) < 4.78 is 12.3. The Balaban J connectivity index is 1.49. The van der Waals surface area contributed by atoms with E-state index >= 15 is 0 Å². The summed E-state index contributed by atoms with van der Waals surface area (Å²) in [5.74, 6) is 1.09. The average molecular weight is 451 g/mol. The number of nitrogens with two attached hydrogens (primary N) is 1. The lowest BCUT2D eigenvalue weighted by Crippen LogP contribution is -2.38. The van der Waals surface area contributed by atoms with Gasteiger partial charge in [-0.15, -0.1) is 0 Å². The molecule has 0 atom stereocenters. The molecule has 1 aliphatic heterocycles. The van der Waals surface area contributed by atoms with Gasteiger partial charge in [-0.25, -0.2) is 9.48 Å². The molecule has 1 fully saturated rings. The number of carbonyl (C=O) groups excluding carboxylic acids is 1. The molecule has 1 aliphatic rings. The zero-order valence-corrected chi connectivity index (χ0v) is 18.8. The van der Waals surface area contributed by atoms with Crippen molar-refractivity contribution in [1.29, 1.82) is 0 Å². The third-order valence-electron chi connectivity index (χ3n) is 5.56. The van der Waals surface area contributed by atoms with Gasteiger partial charge in [0.1, 0.15) is 17.1 Å². The molecule has 0 bridgehead atoms. The van der Waals surface area contributed by atoms with Gasteiger partial charge >= 0.3 is 6.03 Å². The lowest BCUT2D eigenvalue weighted by atomic mass is 10.1. The molecule has 0 radical (unpaired) electrons. The largest absolute Gasteiger partial charge is 0.497 e. The van der Waals surface area contributed by atoms with Crippen LogP contribution in [0, 0.1) is 0 Å². The fourth-order valence-corrected chi connectivity index (χ4v) is 3.76. The molecule has 2 aromatic carbocycles. The molecule has 174 valence electrons. The van der Waals surface area contributed by atoms with Crippen molar-refractivity contribution in [3.05, 3.63) is 54.6 Å². The maximum Gasteiger partial charge on any atom is 0.319 e. The van der Waals surface area contributed by atoms with Crippen LogP contribution in [-0.4, -0.2) is 67.2 Å². The van der Waals surface area contributed by atoms with Crippen molar-refractivity contribution in [3.8, 4) is 22.7 Å². The minimum absolute atomic E-state index is 0.314. The standard InChI is InChI=1S/C24H30N6O3/c1-32-20-10-8-18(9-11-20)21-22(23(25)30(28-21)19-6-3-2-4-7-19)27-24(31)26-12-5-13-29-14-16-33-17-15-29/h2-4,6-11H,5,12-17,25H2,1H3,(H2,26,27,31). The van der Waals surface area contributed by atoms with Crippen LogP contribution in [0.5, 0.6) is 5.75 Å². The molecule has 1 saturated heterocycles. The van der Waals surface area contributed by atoms with E-state index in [1.807, 2.05) is 54.6 Å². The number of nitrogens with zero attached hydrogens (tertiary/aromatic N) is 3. The zero-order valence-electron chi connectivity index (χ0n) is 18.8. The molecule has 9 nitrogen and oxygen atoms in total. The topological polar surface area (TPSA) is 107 Å². The number of para-hydroxylation sites is 1. The number of rotatable bonds is 8. The van der Waals surface area contributed by atoms with E-state index in [9.17, 15) is 4.79 Å². The van der Waals surface area contributed by atoms with Gasteiger partial charge in [0.05, 0.1) is 26.0 Å². The van der Waals surface area contributed by atoms with Gasteiger partial charge < -0.3 is 25.8 Å². The summed E-state index contributed by atoms with van der Waals surface area (Å²) in [4.78, 5) is 15.0. The number of carbonyl (C=O) groups is 1. The maximum absolute atomic E-state index is 12.7. The SMILES string of the molecule is COc1ccc(-c2nn(-c3ccccc3)c(N)c2NC(=O)NCCCN2CCOCC2)cc1. The maximum atomic E-state index is 12.7. The van der Waals surface area contributed by atoms with Crippen molar-refractivity contribution in [2.75, 3.05) is 57.6 Å². The lowest BCUT2D eigenvalue weighted by molar-refractivity contribution is 0.0375. The highest BCUT2D eigenvalue weighted by atomic mass is 16.5. The molecular weight excluding hydrogens is 420 g/mol. The summed E-state index contributed by atoms with van der Waals surface area (Å²) in [6.45, 7) is 4.90. The van der Waals surface area contributed by atoms with E-state index in [4.69, 9.17) is 20.3 Å². The second-order valence-corrected chi connectivity index (χ2v) is 7.77. The highest BCUT2D eigenvalue weighted by Crippen LogP contribution is 2.34. The first-order valence-electron chi connectivity index (χ1n) is 11.1. The Hall–Kier alpha value is -3.56. The number of anilines is 2.